The number of anilines is 1. The molecule has 6 nitrogen and oxygen atoms in total. The highest BCUT2D eigenvalue weighted by atomic mass is 19.4. The third-order valence-corrected chi connectivity index (χ3v) is 4.06. The maximum atomic E-state index is 12.7. The highest BCUT2D eigenvalue weighted by Gasteiger charge is 2.32. The minimum Gasteiger partial charge on any atom is -0.404 e. The number of halogens is 3. The first-order valence-corrected chi connectivity index (χ1v) is 8.63. The van der Waals surface area contributed by atoms with Crippen molar-refractivity contribution in [3.63, 3.8) is 0 Å². The average Bonchev–Trinajstić information content (AvgIpc) is 2.88. The quantitative estimate of drug-likeness (QED) is 0.694. The Balaban J connectivity index is 1.88. The molecular weight excluding hydrogens is 375 g/mol. The zero-order valence-electron chi connectivity index (χ0n) is 15.0. The van der Waals surface area contributed by atoms with E-state index in [1.54, 1.807) is 28.8 Å². The summed E-state index contributed by atoms with van der Waals surface area (Å²) < 4.78 is 44.4. The summed E-state index contributed by atoms with van der Waals surface area (Å²) in [5, 5.41) is 2.38. The lowest BCUT2D eigenvalue weighted by Gasteiger charge is -2.14. The molecule has 0 aliphatic rings. The molecule has 148 valence electrons. The van der Waals surface area contributed by atoms with Crippen molar-refractivity contribution in [2.24, 2.45) is 0 Å². The lowest BCUT2D eigenvalue weighted by atomic mass is 10.3. The number of benzene rings is 2. The van der Waals surface area contributed by atoms with Crippen LogP contribution >= 0.6 is 0 Å². The van der Waals surface area contributed by atoms with E-state index in [-0.39, 0.29) is 17.9 Å². The Hall–Kier alpha value is -3.23. The minimum atomic E-state index is -4.88. The van der Waals surface area contributed by atoms with Crippen LogP contribution in [0.4, 0.5) is 18.9 Å². The highest BCUT2D eigenvalue weighted by molar-refractivity contribution is 5.93. The van der Waals surface area contributed by atoms with E-state index in [2.05, 4.69) is 10.1 Å². The number of hydrogen-bond acceptors (Lipinski definition) is 3. The molecule has 1 amide bonds. The van der Waals surface area contributed by atoms with Crippen molar-refractivity contribution >= 4 is 22.6 Å². The fraction of sp³-hybridized carbons (Fsp3) is 0.263. The fourth-order valence-corrected chi connectivity index (χ4v) is 2.98. The number of nitrogens with zero attached hydrogens (tertiary/aromatic N) is 2. The van der Waals surface area contributed by atoms with Gasteiger partial charge in [0.15, 0.2) is 5.75 Å². The monoisotopic (exact) mass is 393 g/mol. The molecule has 0 unspecified atom stereocenters. The fourth-order valence-electron chi connectivity index (χ4n) is 2.98. The Bertz CT molecular complexity index is 1050. The number of aromatic nitrogens is 2. The summed E-state index contributed by atoms with van der Waals surface area (Å²) in [5.41, 5.74) is 0.798. The summed E-state index contributed by atoms with van der Waals surface area (Å²) in [6.07, 6.45) is -4.15. The first-order valence-electron chi connectivity index (χ1n) is 8.63. The number of carbonyl (C=O) groups is 1. The van der Waals surface area contributed by atoms with Crippen LogP contribution in [0.15, 0.2) is 53.3 Å². The summed E-state index contributed by atoms with van der Waals surface area (Å²) in [6, 6.07) is 12.3. The van der Waals surface area contributed by atoms with Crippen molar-refractivity contribution in [2.45, 2.75) is 32.8 Å². The molecule has 0 bridgehead atoms. The first kappa shape index (κ1) is 19.5. The van der Waals surface area contributed by atoms with Crippen LogP contribution in [0.25, 0.3) is 11.0 Å². The molecule has 1 heterocycles. The van der Waals surface area contributed by atoms with Gasteiger partial charge >= 0.3 is 12.1 Å². The number of para-hydroxylation sites is 4. The van der Waals surface area contributed by atoms with Crippen molar-refractivity contribution in [2.75, 3.05) is 5.32 Å². The van der Waals surface area contributed by atoms with E-state index in [0.29, 0.717) is 17.6 Å². The molecule has 0 aliphatic carbocycles. The number of rotatable bonds is 6. The number of imidazole rings is 1. The van der Waals surface area contributed by atoms with Crippen LogP contribution in [0.5, 0.6) is 5.75 Å². The molecule has 2 aromatic carbocycles. The standard InChI is InChI=1S/C19H18F3N3O3/c1-2-11-24-14-8-4-5-9-15(14)25(18(24)27)12-17(26)23-13-7-3-6-10-16(13)28-19(20,21)22/h3-10H,2,11-12H2,1H3,(H,23,26). The number of ether oxygens (including phenoxy) is 1. The van der Waals surface area contributed by atoms with E-state index >= 15 is 0 Å². The van der Waals surface area contributed by atoms with Crippen molar-refractivity contribution < 1.29 is 22.7 Å². The van der Waals surface area contributed by atoms with Crippen LogP contribution < -0.4 is 15.7 Å². The Labute approximate surface area is 158 Å². The largest absolute Gasteiger partial charge is 0.573 e. The summed E-state index contributed by atoms with van der Waals surface area (Å²) in [4.78, 5) is 25.1. The number of nitrogens with one attached hydrogen (secondary N) is 1. The smallest absolute Gasteiger partial charge is 0.404 e. The maximum Gasteiger partial charge on any atom is 0.573 e. The molecule has 0 saturated carbocycles. The van der Waals surface area contributed by atoms with Crippen molar-refractivity contribution in [3.05, 3.63) is 59.0 Å². The summed E-state index contributed by atoms with van der Waals surface area (Å²) in [7, 11) is 0. The van der Waals surface area contributed by atoms with Crippen LogP contribution in [-0.4, -0.2) is 21.4 Å². The molecule has 3 rings (SSSR count). The second-order valence-electron chi connectivity index (χ2n) is 6.10. The summed E-state index contributed by atoms with van der Waals surface area (Å²) >= 11 is 0. The molecule has 0 radical (unpaired) electrons. The van der Waals surface area contributed by atoms with Gasteiger partial charge in [0, 0.05) is 6.54 Å². The molecule has 0 atom stereocenters. The predicted molar refractivity (Wildman–Crippen MR) is 98.2 cm³/mol. The summed E-state index contributed by atoms with van der Waals surface area (Å²) in [5.74, 6) is -1.16. The van der Waals surface area contributed by atoms with Crippen LogP contribution in [0.1, 0.15) is 13.3 Å². The van der Waals surface area contributed by atoms with Gasteiger partial charge in [-0.15, -0.1) is 13.2 Å². The van der Waals surface area contributed by atoms with Gasteiger partial charge in [-0.05, 0) is 30.7 Å². The normalized spacial score (nSPS) is 11.6. The Morgan fingerprint density at radius 3 is 2.29 bits per heavy atom. The maximum absolute atomic E-state index is 12.7. The van der Waals surface area contributed by atoms with Gasteiger partial charge in [-0.25, -0.2) is 4.79 Å². The second kappa shape index (κ2) is 7.79. The molecule has 0 fully saturated rings. The lowest BCUT2D eigenvalue weighted by molar-refractivity contribution is -0.274. The Morgan fingerprint density at radius 2 is 1.64 bits per heavy atom. The molecule has 9 heteroatoms. The molecule has 0 spiro atoms. The zero-order valence-corrected chi connectivity index (χ0v) is 15.0. The van der Waals surface area contributed by atoms with Crippen LogP contribution in [0.3, 0.4) is 0 Å². The number of carbonyl (C=O) groups excluding carboxylic acids is 1. The van der Waals surface area contributed by atoms with E-state index < -0.39 is 18.0 Å². The number of aryl methyl sites for hydroxylation is 1. The number of fused-ring (bicyclic) bond motifs is 1. The Morgan fingerprint density at radius 1 is 1.04 bits per heavy atom. The van der Waals surface area contributed by atoms with Gasteiger partial charge in [0.05, 0.1) is 16.7 Å². The van der Waals surface area contributed by atoms with Gasteiger partial charge in [0.2, 0.25) is 5.91 Å². The number of amides is 1. The molecule has 0 saturated heterocycles. The van der Waals surface area contributed by atoms with Crippen LogP contribution in [0.2, 0.25) is 0 Å². The predicted octanol–water partition coefficient (Wildman–Crippen LogP) is 3.75. The lowest BCUT2D eigenvalue weighted by Crippen LogP contribution is -2.29. The van der Waals surface area contributed by atoms with Crippen LogP contribution in [0, 0.1) is 0 Å². The van der Waals surface area contributed by atoms with Gasteiger partial charge in [0.25, 0.3) is 0 Å². The van der Waals surface area contributed by atoms with E-state index in [1.165, 1.54) is 22.8 Å². The van der Waals surface area contributed by atoms with Crippen molar-refractivity contribution in [3.8, 4) is 5.75 Å². The van der Waals surface area contributed by atoms with E-state index in [1.807, 2.05) is 6.92 Å². The average molecular weight is 393 g/mol. The second-order valence-corrected chi connectivity index (χ2v) is 6.10. The zero-order chi connectivity index (χ0) is 20.3. The van der Waals surface area contributed by atoms with Gasteiger partial charge in [-0.1, -0.05) is 31.2 Å². The molecule has 3 aromatic rings. The molecule has 1 aromatic heterocycles. The van der Waals surface area contributed by atoms with E-state index in [0.717, 1.165) is 12.5 Å². The first-order chi connectivity index (χ1) is 13.3. The molecule has 28 heavy (non-hydrogen) atoms. The van der Waals surface area contributed by atoms with Gasteiger partial charge in [-0.3, -0.25) is 13.9 Å². The SMILES string of the molecule is CCCn1c(=O)n(CC(=O)Nc2ccccc2OC(F)(F)F)c2ccccc21. The van der Waals surface area contributed by atoms with Gasteiger partial charge in [0.1, 0.15) is 6.54 Å². The Kier molecular flexibility index (Phi) is 5.43. The van der Waals surface area contributed by atoms with E-state index in [4.69, 9.17) is 0 Å². The van der Waals surface area contributed by atoms with Crippen molar-refractivity contribution in [1.82, 2.24) is 9.13 Å². The summed E-state index contributed by atoms with van der Waals surface area (Å²) in [6.45, 7) is 2.09. The van der Waals surface area contributed by atoms with Crippen LogP contribution in [-0.2, 0) is 17.9 Å². The highest BCUT2D eigenvalue weighted by Crippen LogP contribution is 2.29. The number of hydrogen-bond donors (Lipinski definition) is 1. The van der Waals surface area contributed by atoms with E-state index in [9.17, 15) is 22.8 Å². The molecule has 0 aliphatic heterocycles. The molecular formula is C19H18F3N3O3. The van der Waals surface area contributed by atoms with Gasteiger partial charge in [-0.2, -0.15) is 0 Å². The van der Waals surface area contributed by atoms with Crippen molar-refractivity contribution in [1.29, 1.82) is 0 Å². The van der Waals surface area contributed by atoms with Gasteiger partial charge < -0.3 is 10.1 Å². The third-order valence-electron chi connectivity index (χ3n) is 4.06. The molecule has 1 N–H and O–H groups in total. The third kappa shape index (κ3) is 4.19. The minimum absolute atomic E-state index is 0.129. The topological polar surface area (TPSA) is 65.3 Å². The number of alkyl halides is 3.